The van der Waals surface area contributed by atoms with E-state index >= 15 is 0 Å². The van der Waals surface area contributed by atoms with E-state index in [4.69, 9.17) is 9.47 Å². The Bertz CT molecular complexity index is 705. The fourth-order valence-electron chi connectivity index (χ4n) is 2.57. The number of amides is 1. The third-order valence-electron chi connectivity index (χ3n) is 4.08. The van der Waals surface area contributed by atoms with Crippen LogP contribution in [0.2, 0.25) is 0 Å². The molecule has 2 unspecified atom stereocenters. The highest BCUT2D eigenvalue weighted by Gasteiger charge is 2.20. The molecule has 0 aliphatic heterocycles. The maximum Gasteiger partial charge on any atom is 0.407 e. The molecule has 0 spiro atoms. The fraction of sp³-hybridized carbons (Fsp3) is 0.350. The Morgan fingerprint density at radius 3 is 2.54 bits per heavy atom. The number of nitrogens with one attached hydrogen (secondary N) is 1. The van der Waals surface area contributed by atoms with Gasteiger partial charge >= 0.3 is 6.09 Å². The van der Waals surface area contributed by atoms with Crippen molar-refractivity contribution in [3.8, 4) is 5.75 Å². The lowest BCUT2D eigenvalue weighted by Crippen LogP contribution is -2.30. The van der Waals surface area contributed by atoms with Crippen molar-refractivity contribution in [1.82, 2.24) is 5.32 Å². The molecule has 140 valence electrons. The standard InChI is InChI=1S/C20H25NO5/c1-14-12-16(25-2)8-9-17(14)19(23)18(22)10-11-21-20(24)26-13-15-6-4-3-5-7-15/h3-9,12,18-19,22-23H,10-11,13H2,1-2H3,(H,21,24). The average molecular weight is 359 g/mol. The number of carbonyl (C=O) groups excluding carboxylic acids is 1. The Balaban J connectivity index is 1.75. The van der Waals surface area contributed by atoms with Crippen LogP contribution >= 0.6 is 0 Å². The Morgan fingerprint density at radius 1 is 1.15 bits per heavy atom. The number of hydrogen-bond acceptors (Lipinski definition) is 5. The van der Waals surface area contributed by atoms with Gasteiger partial charge < -0.3 is 25.0 Å². The van der Waals surface area contributed by atoms with Crippen molar-refractivity contribution in [3.63, 3.8) is 0 Å². The quantitative estimate of drug-likeness (QED) is 0.674. The first kappa shape index (κ1) is 19.8. The van der Waals surface area contributed by atoms with Gasteiger partial charge in [0.2, 0.25) is 0 Å². The molecular formula is C20H25NO5. The molecule has 26 heavy (non-hydrogen) atoms. The number of carbonyl (C=O) groups is 1. The molecule has 1 amide bonds. The summed E-state index contributed by atoms with van der Waals surface area (Å²) in [4.78, 5) is 11.7. The normalized spacial score (nSPS) is 12.9. The van der Waals surface area contributed by atoms with Gasteiger partial charge in [-0.05, 0) is 42.2 Å². The minimum Gasteiger partial charge on any atom is -0.497 e. The van der Waals surface area contributed by atoms with Gasteiger partial charge in [0, 0.05) is 6.54 Å². The molecule has 2 aromatic carbocycles. The number of alkyl carbamates (subject to hydrolysis) is 1. The first-order chi connectivity index (χ1) is 12.5. The lowest BCUT2D eigenvalue weighted by Gasteiger charge is -2.20. The Labute approximate surface area is 153 Å². The minimum absolute atomic E-state index is 0.183. The van der Waals surface area contributed by atoms with Crippen molar-refractivity contribution in [2.45, 2.75) is 32.2 Å². The van der Waals surface area contributed by atoms with Crippen LogP contribution in [-0.2, 0) is 11.3 Å². The molecule has 0 aliphatic rings. The molecule has 0 saturated carbocycles. The second-order valence-electron chi connectivity index (χ2n) is 6.01. The summed E-state index contributed by atoms with van der Waals surface area (Å²) in [5.41, 5.74) is 2.35. The van der Waals surface area contributed by atoms with Gasteiger partial charge in [0.1, 0.15) is 18.5 Å². The highest BCUT2D eigenvalue weighted by Crippen LogP contribution is 2.25. The van der Waals surface area contributed by atoms with Gasteiger partial charge in [-0.15, -0.1) is 0 Å². The molecular weight excluding hydrogens is 334 g/mol. The molecule has 2 aromatic rings. The molecule has 2 atom stereocenters. The number of aliphatic hydroxyl groups excluding tert-OH is 2. The molecule has 0 bridgehead atoms. The molecule has 3 N–H and O–H groups in total. The first-order valence-corrected chi connectivity index (χ1v) is 8.46. The van der Waals surface area contributed by atoms with Gasteiger partial charge in [0.05, 0.1) is 13.2 Å². The van der Waals surface area contributed by atoms with Crippen LogP contribution in [-0.4, -0.2) is 36.1 Å². The number of hydrogen-bond donors (Lipinski definition) is 3. The second kappa shape index (κ2) is 9.79. The number of methoxy groups -OCH3 is 1. The van der Waals surface area contributed by atoms with Crippen LogP contribution in [0.5, 0.6) is 5.75 Å². The predicted octanol–water partition coefficient (Wildman–Crippen LogP) is 2.71. The summed E-state index contributed by atoms with van der Waals surface area (Å²) >= 11 is 0. The van der Waals surface area contributed by atoms with E-state index < -0.39 is 18.3 Å². The van der Waals surface area contributed by atoms with Crippen LogP contribution in [0.4, 0.5) is 4.79 Å². The Hall–Kier alpha value is -2.57. The molecule has 0 aromatic heterocycles. The fourth-order valence-corrected chi connectivity index (χ4v) is 2.57. The maximum atomic E-state index is 11.7. The third-order valence-corrected chi connectivity index (χ3v) is 4.08. The summed E-state index contributed by atoms with van der Waals surface area (Å²) in [6.45, 7) is 2.22. The first-order valence-electron chi connectivity index (χ1n) is 8.46. The summed E-state index contributed by atoms with van der Waals surface area (Å²) in [7, 11) is 1.57. The number of aryl methyl sites for hydroxylation is 1. The highest BCUT2D eigenvalue weighted by molar-refractivity contribution is 5.67. The molecule has 0 heterocycles. The van der Waals surface area contributed by atoms with E-state index in [9.17, 15) is 15.0 Å². The number of ether oxygens (including phenoxy) is 2. The van der Waals surface area contributed by atoms with Crippen molar-refractivity contribution in [2.75, 3.05) is 13.7 Å². The summed E-state index contributed by atoms with van der Waals surface area (Å²) in [5.74, 6) is 0.691. The van der Waals surface area contributed by atoms with Crippen LogP contribution in [0, 0.1) is 6.92 Å². The van der Waals surface area contributed by atoms with Crippen LogP contribution in [0.15, 0.2) is 48.5 Å². The molecule has 6 nitrogen and oxygen atoms in total. The zero-order chi connectivity index (χ0) is 18.9. The predicted molar refractivity (Wildman–Crippen MR) is 97.9 cm³/mol. The third kappa shape index (κ3) is 5.75. The van der Waals surface area contributed by atoms with E-state index in [0.29, 0.717) is 11.3 Å². The molecule has 0 saturated heterocycles. The van der Waals surface area contributed by atoms with Crippen molar-refractivity contribution in [1.29, 1.82) is 0 Å². The van der Waals surface area contributed by atoms with Gasteiger partial charge in [-0.2, -0.15) is 0 Å². The van der Waals surface area contributed by atoms with Crippen LogP contribution < -0.4 is 10.1 Å². The summed E-state index contributed by atoms with van der Waals surface area (Å²) < 4.78 is 10.2. The smallest absolute Gasteiger partial charge is 0.407 e. The summed E-state index contributed by atoms with van der Waals surface area (Å²) in [6.07, 6.45) is -2.40. The van der Waals surface area contributed by atoms with Crippen molar-refractivity contribution in [3.05, 3.63) is 65.2 Å². The average Bonchev–Trinajstić information content (AvgIpc) is 2.66. The zero-order valence-electron chi connectivity index (χ0n) is 15.0. The Morgan fingerprint density at radius 2 is 1.88 bits per heavy atom. The zero-order valence-corrected chi connectivity index (χ0v) is 15.0. The van der Waals surface area contributed by atoms with Gasteiger partial charge in [0.25, 0.3) is 0 Å². The Kier molecular flexibility index (Phi) is 7.44. The molecule has 0 radical (unpaired) electrons. The van der Waals surface area contributed by atoms with E-state index in [1.165, 1.54) is 0 Å². The monoisotopic (exact) mass is 359 g/mol. The summed E-state index contributed by atoms with van der Waals surface area (Å²) in [6, 6.07) is 14.6. The van der Waals surface area contributed by atoms with E-state index in [-0.39, 0.29) is 19.6 Å². The van der Waals surface area contributed by atoms with Gasteiger partial charge in [-0.1, -0.05) is 36.4 Å². The lowest BCUT2D eigenvalue weighted by atomic mass is 9.97. The van der Waals surface area contributed by atoms with Gasteiger partial charge in [0.15, 0.2) is 0 Å². The van der Waals surface area contributed by atoms with E-state index in [1.54, 1.807) is 25.3 Å². The van der Waals surface area contributed by atoms with Gasteiger partial charge in [-0.3, -0.25) is 0 Å². The number of aliphatic hydroxyl groups is 2. The van der Waals surface area contributed by atoms with Crippen LogP contribution in [0.3, 0.4) is 0 Å². The SMILES string of the molecule is COc1ccc(C(O)C(O)CCNC(=O)OCc2ccccc2)c(C)c1. The van der Waals surface area contributed by atoms with Crippen molar-refractivity contribution in [2.24, 2.45) is 0 Å². The summed E-state index contributed by atoms with van der Waals surface area (Å²) in [5, 5.41) is 23.1. The van der Waals surface area contributed by atoms with E-state index in [1.807, 2.05) is 37.3 Å². The van der Waals surface area contributed by atoms with Gasteiger partial charge in [-0.25, -0.2) is 4.79 Å². The van der Waals surface area contributed by atoms with Crippen LogP contribution in [0.1, 0.15) is 29.2 Å². The lowest BCUT2D eigenvalue weighted by molar-refractivity contribution is 0.0132. The molecule has 0 aliphatic carbocycles. The molecule has 6 heteroatoms. The highest BCUT2D eigenvalue weighted by atomic mass is 16.5. The number of benzene rings is 2. The number of rotatable bonds is 8. The maximum absolute atomic E-state index is 11.7. The topological polar surface area (TPSA) is 88.0 Å². The van der Waals surface area contributed by atoms with E-state index in [0.717, 1.165) is 11.1 Å². The van der Waals surface area contributed by atoms with Crippen molar-refractivity contribution >= 4 is 6.09 Å². The largest absolute Gasteiger partial charge is 0.497 e. The van der Waals surface area contributed by atoms with Crippen LogP contribution in [0.25, 0.3) is 0 Å². The molecule has 0 fully saturated rings. The minimum atomic E-state index is -1.04. The second-order valence-corrected chi connectivity index (χ2v) is 6.01. The van der Waals surface area contributed by atoms with Crippen molar-refractivity contribution < 1.29 is 24.5 Å². The molecule has 2 rings (SSSR count). The van der Waals surface area contributed by atoms with E-state index in [2.05, 4.69) is 5.32 Å².